The largest absolute Gasteiger partial charge is 0.399 e. The first-order valence-electron chi connectivity index (χ1n) is 7.99. The average Bonchev–Trinajstić information content (AvgIpc) is 2.67. The fourth-order valence-corrected chi connectivity index (χ4v) is 2.43. The normalized spacial score (nSPS) is 11.2. The van der Waals surface area contributed by atoms with Crippen molar-refractivity contribution in [2.24, 2.45) is 5.10 Å². The van der Waals surface area contributed by atoms with Gasteiger partial charge in [-0.05, 0) is 47.9 Å². The molecule has 0 bridgehead atoms. The zero-order valence-electron chi connectivity index (χ0n) is 13.9. The van der Waals surface area contributed by atoms with E-state index in [-0.39, 0.29) is 5.91 Å². The number of anilines is 1. The maximum Gasteiger partial charge on any atom is 0.271 e. The summed E-state index contributed by atoms with van der Waals surface area (Å²) in [4.78, 5) is 12.2. The molecule has 124 valence electrons. The molecule has 0 atom stereocenters. The summed E-state index contributed by atoms with van der Waals surface area (Å²) in [7, 11) is 0. The van der Waals surface area contributed by atoms with Crippen LogP contribution in [0.3, 0.4) is 0 Å². The monoisotopic (exact) mass is 329 g/mol. The summed E-state index contributed by atoms with van der Waals surface area (Å²) in [6, 6.07) is 24.8. The molecule has 3 rings (SSSR count). The van der Waals surface area contributed by atoms with Crippen molar-refractivity contribution in [2.75, 3.05) is 5.73 Å². The summed E-state index contributed by atoms with van der Waals surface area (Å²) < 4.78 is 0. The second kappa shape index (κ2) is 7.45. The zero-order valence-corrected chi connectivity index (χ0v) is 13.9. The summed E-state index contributed by atoms with van der Waals surface area (Å²) in [6.45, 7) is 1.84. The number of nitrogens with one attached hydrogen (secondary N) is 1. The molecule has 0 saturated heterocycles. The molecule has 0 fully saturated rings. The van der Waals surface area contributed by atoms with Crippen LogP contribution >= 0.6 is 0 Å². The topological polar surface area (TPSA) is 67.5 Å². The SMILES string of the molecule is C/C(=N/NC(=O)c1ccc(-c2ccccc2)cc1)c1ccc(N)cc1. The molecule has 3 N–H and O–H groups in total. The summed E-state index contributed by atoms with van der Waals surface area (Å²) in [5, 5.41) is 4.16. The molecule has 0 aliphatic heterocycles. The zero-order chi connectivity index (χ0) is 17.6. The molecule has 0 aliphatic rings. The minimum Gasteiger partial charge on any atom is -0.399 e. The van der Waals surface area contributed by atoms with E-state index in [4.69, 9.17) is 5.73 Å². The molecule has 0 heterocycles. The van der Waals surface area contributed by atoms with Gasteiger partial charge in [-0.3, -0.25) is 4.79 Å². The van der Waals surface area contributed by atoms with Gasteiger partial charge in [-0.15, -0.1) is 0 Å². The van der Waals surface area contributed by atoms with Crippen LogP contribution in [-0.2, 0) is 0 Å². The highest BCUT2D eigenvalue weighted by Gasteiger charge is 2.06. The van der Waals surface area contributed by atoms with Gasteiger partial charge in [0, 0.05) is 11.3 Å². The van der Waals surface area contributed by atoms with E-state index in [9.17, 15) is 4.79 Å². The van der Waals surface area contributed by atoms with Gasteiger partial charge in [0.2, 0.25) is 0 Å². The van der Waals surface area contributed by atoms with Gasteiger partial charge in [0.25, 0.3) is 5.91 Å². The number of nitrogen functional groups attached to an aromatic ring is 1. The van der Waals surface area contributed by atoms with Crippen molar-refractivity contribution in [2.45, 2.75) is 6.92 Å². The predicted molar refractivity (Wildman–Crippen MR) is 102 cm³/mol. The van der Waals surface area contributed by atoms with Gasteiger partial charge >= 0.3 is 0 Å². The van der Waals surface area contributed by atoms with Gasteiger partial charge in [-0.25, -0.2) is 5.43 Å². The lowest BCUT2D eigenvalue weighted by Gasteiger charge is -2.05. The molecular weight excluding hydrogens is 310 g/mol. The molecular formula is C21H19N3O. The van der Waals surface area contributed by atoms with E-state index in [0.717, 1.165) is 16.7 Å². The minimum absolute atomic E-state index is 0.241. The van der Waals surface area contributed by atoms with E-state index in [1.165, 1.54) is 0 Å². The van der Waals surface area contributed by atoms with Crippen LogP contribution in [0.1, 0.15) is 22.8 Å². The Bertz CT molecular complexity index is 883. The maximum atomic E-state index is 12.2. The Morgan fingerprint density at radius 1 is 0.800 bits per heavy atom. The Morgan fingerprint density at radius 3 is 2.00 bits per heavy atom. The second-order valence-corrected chi connectivity index (χ2v) is 5.70. The van der Waals surface area contributed by atoms with Gasteiger partial charge in [0.05, 0.1) is 5.71 Å². The lowest BCUT2D eigenvalue weighted by Crippen LogP contribution is -2.19. The highest BCUT2D eigenvalue weighted by Crippen LogP contribution is 2.19. The van der Waals surface area contributed by atoms with Crippen LogP contribution < -0.4 is 11.2 Å². The first-order valence-corrected chi connectivity index (χ1v) is 7.99. The number of amides is 1. The molecule has 0 unspecified atom stereocenters. The van der Waals surface area contributed by atoms with Gasteiger partial charge in [-0.2, -0.15) is 5.10 Å². The van der Waals surface area contributed by atoms with Crippen LogP contribution in [-0.4, -0.2) is 11.6 Å². The molecule has 0 aromatic heterocycles. The van der Waals surface area contributed by atoms with Crippen molar-refractivity contribution in [3.05, 3.63) is 90.0 Å². The number of hydrogen-bond acceptors (Lipinski definition) is 3. The molecule has 0 aliphatic carbocycles. The molecule has 4 nitrogen and oxygen atoms in total. The molecule has 4 heteroatoms. The number of hydrazone groups is 1. The van der Waals surface area contributed by atoms with Crippen LogP contribution in [0.4, 0.5) is 5.69 Å². The molecule has 0 radical (unpaired) electrons. The van der Waals surface area contributed by atoms with Crippen LogP contribution in [0.25, 0.3) is 11.1 Å². The first kappa shape index (κ1) is 16.5. The van der Waals surface area contributed by atoms with Gasteiger partial charge in [0.15, 0.2) is 0 Å². The Balaban J connectivity index is 1.69. The van der Waals surface area contributed by atoms with Crippen molar-refractivity contribution in [3.8, 4) is 11.1 Å². The summed E-state index contributed by atoms with van der Waals surface area (Å²) in [5.41, 5.74) is 13.3. The van der Waals surface area contributed by atoms with E-state index in [0.29, 0.717) is 17.0 Å². The molecule has 3 aromatic carbocycles. The molecule has 3 aromatic rings. The van der Waals surface area contributed by atoms with E-state index in [2.05, 4.69) is 10.5 Å². The van der Waals surface area contributed by atoms with E-state index in [1.54, 1.807) is 24.3 Å². The minimum atomic E-state index is -0.241. The van der Waals surface area contributed by atoms with Gasteiger partial charge in [-0.1, -0.05) is 54.6 Å². The van der Waals surface area contributed by atoms with Crippen LogP contribution in [0.15, 0.2) is 84.0 Å². The average molecular weight is 329 g/mol. The van der Waals surface area contributed by atoms with Crippen molar-refractivity contribution in [3.63, 3.8) is 0 Å². The number of carbonyl (C=O) groups excluding carboxylic acids is 1. The number of nitrogens with zero attached hydrogens (tertiary/aromatic N) is 1. The Kier molecular flexibility index (Phi) is 4.90. The van der Waals surface area contributed by atoms with Crippen LogP contribution in [0, 0.1) is 0 Å². The summed E-state index contributed by atoms with van der Waals surface area (Å²) in [5.74, 6) is -0.241. The third kappa shape index (κ3) is 4.12. The highest BCUT2D eigenvalue weighted by atomic mass is 16.2. The van der Waals surface area contributed by atoms with E-state index < -0.39 is 0 Å². The fraction of sp³-hybridized carbons (Fsp3) is 0.0476. The predicted octanol–water partition coefficient (Wildman–Crippen LogP) is 4.09. The number of carbonyl (C=O) groups is 1. The highest BCUT2D eigenvalue weighted by molar-refractivity contribution is 6.01. The molecule has 25 heavy (non-hydrogen) atoms. The maximum absolute atomic E-state index is 12.2. The molecule has 0 saturated carbocycles. The van der Waals surface area contributed by atoms with Crippen LogP contribution in [0.5, 0.6) is 0 Å². The van der Waals surface area contributed by atoms with Crippen molar-refractivity contribution < 1.29 is 4.79 Å². The number of rotatable bonds is 4. The number of hydrogen-bond donors (Lipinski definition) is 2. The summed E-state index contributed by atoms with van der Waals surface area (Å²) in [6.07, 6.45) is 0. The van der Waals surface area contributed by atoms with Crippen LogP contribution in [0.2, 0.25) is 0 Å². The van der Waals surface area contributed by atoms with Crippen molar-refractivity contribution in [1.29, 1.82) is 0 Å². The van der Waals surface area contributed by atoms with E-state index >= 15 is 0 Å². The number of nitrogens with two attached hydrogens (primary N) is 1. The molecule has 1 amide bonds. The first-order chi connectivity index (χ1) is 12.1. The third-order valence-electron chi connectivity index (χ3n) is 3.91. The lowest BCUT2D eigenvalue weighted by molar-refractivity contribution is 0.0955. The van der Waals surface area contributed by atoms with E-state index in [1.807, 2.05) is 61.5 Å². The smallest absolute Gasteiger partial charge is 0.271 e. The van der Waals surface area contributed by atoms with Crippen molar-refractivity contribution >= 4 is 17.3 Å². The summed E-state index contributed by atoms with van der Waals surface area (Å²) >= 11 is 0. The fourth-order valence-electron chi connectivity index (χ4n) is 2.43. The van der Waals surface area contributed by atoms with Gasteiger partial charge < -0.3 is 5.73 Å². The number of benzene rings is 3. The quantitative estimate of drug-likeness (QED) is 0.430. The Hall–Kier alpha value is -3.40. The Morgan fingerprint density at radius 2 is 1.36 bits per heavy atom. The van der Waals surface area contributed by atoms with Gasteiger partial charge in [0.1, 0.15) is 0 Å². The Labute approximate surface area is 147 Å². The second-order valence-electron chi connectivity index (χ2n) is 5.70. The lowest BCUT2D eigenvalue weighted by atomic mass is 10.0. The standard InChI is InChI=1S/C21H19N3O/c1-15(16-11-13-20(22)14-12-16)23-24-21(25)19-9-7-18(8-10-19)17-5-3-2-4-6-17/h2-14H,22H2,1H3,(H,24,25)/b23-15-. The molecule has 0 spiro atoms. The third-order valence-corrected chi connectivity index (χ3v) is 3.91. The van der Waals surface area contributed by atoms with Crippen molar-refractivity contribution in [1.82, 2.24) is 5.43 Å².